The van der Waals surface area contributed by atoms with E-state index in [1.54, 1.807) is 6.07 Å². The lowest BCUT2D eigenvalue weighted by Gasteiger charge is -2.19. The average molecular weight is 286 g/mol. The first-order valence-electron chi connectivity index (χ1n) is 7.16. The van der Waals surface area contributed by atoms with Crippen molar-refractivity contribution in [2.45, 2.75) is 38.6 Å². The third-order valence-corrected chi connectivity index (χ3v) is 3.74. The van der Waals surface area contributed by atoms with Crippen molar-refractivity contribution in [1.82, 2.24) is 14.9 Å². The van der Waals surface area contributed by atoms with Crippen LogP contribution in [0.25, 0.3) is 0 Å². The van der Waals surface area contributed by atoms with Gasteiger partial charge in [-0.2, -0.15) is 5.26 Å². The molecule has 1 N–H and O–H groups in total. The highest BCUT2D eigenvalue weighted by Crippen LogP contribution is 2.28. The number of rotatable bonds is 5. The number of aryl methyl sites for hydroxylation is 1. The van der Waals surface area contributed by atoms with Crippen LogP contribution in [-0.2, 0) is 17.8 Å². The van der Waals surface area contributed by atoms with Crippen LogP contribution in [0.15, 0.2) is 28.9 Å². The maximum Gasteiger partial charge on any atom is 0.203 e. The molecule has 1 aliphatic rings. The molecule has 2 atom stereocenters. The number of nitriles is 1. The lowest BCUT2D eigenvalue weighted by Crippen LogP contribution is -2.32. The summed E-state index contributed by atoms with van der Waals surface area (Å²) < 4.78 is 13.3. The highest BCUT2D eigenvalue weighted by atomic mass is 16.5. The first-order valence-corrected chi connectivity index (χ1v) is 7.16. The Morgan fingerprint density at radius 2 is 2.43 bits per heavy atom. The number of hydrogen-bond donors (Lipinski definition) is 1. The molecule has 6 heteroatoms. The molecule has 0 bridgehead atoms. The van der Waals surface area contributed by atoms with E-state index in [2.05, 4.69) is 21.8 Å². The maximum absolute atomic E-state index is 8.76. The topological polar surface area (TPSA) is 76.0 Å². The van der Waals surface area contributed by atoms with E-state index in [0.29, 0.717) is 12.3 Å². The van der Waals surface area contributed by atoms with Gasteiger partial charge in [0.15, 0.2) is 0 Å². The summed E-state index contributed by atoms with van der Waals surface area (Å²) in [4.78, 5) is 4.42. The minimum atomic E-state index is -0.0367. The molecular formula is C15H18N4O2. The fraction of sp³-hybridized carbons (Fsp3) is 0.467. The summed E-state index contributed by atoms with van der Waals surface area (Å²) in [5.74, 6) is 2.06. The molecule has 0 saturated carbocycles. The molecule has 0 spiro atoms. The Morgan fingerprint density at radius 3 is 3.19 bits per heavy atom. The van der Waals surface area contributed by atoms with Gasteiger partial charge in [-0.3, -0.25) is 0 Å². The third-order valence-electron chi connectivity index (χ3n) is 3.74. The highest BCUT2D eigenvalue weighted by Gasteiger charge is 2.32. The molecule has 6 nitrogen and oxygen atoms in total. The Kier molecular flexibility index (Phi) is 4.04. The fourth-order valence-corrected chi connectivity index (χ4v) is 2.66. The van der Waals surface area contributed by atoms with E-state index in [1.807, 2.05) is 24.5 Å². The Morgan fingerprint density at radius 1 is 1.52 bits per heavy atom. The van der Waals surface area contributed by atoms with Crippen molar-refractivity contribution in [3.63, 3.8) is 0 Å². The Labute approximate surface area is 123 Å². The largest absolute Gasteiger partial charge is 0.449 e. The van der Waals surface area contributed by atoms with Crippen LogP contribution in [0.4, 0.5) is 0 Å². The molecule has 0 amide bonds. The quantitative estimate of drug-likeness (QED) is 0.909. The van der Waals surface area contributed by atoms with Crippen molar-refractivity contribution < 1.29 is 9.15 Å². The van der Waals surface area contributed by atoms with Gasteiger partial charge >= 0.3 is 0 Å². The van der Waals surface area contributed by atoms with Crippen LogP contribution >= 0.6 is 0 Å². The van der Waals surface area contributed by atoms with Gasteiger partial charge in [-0.15, -0.1) is 0 Å². The molecule has 0 unspecified atom stereocenters. The Bertz CT molecular complexity index is 640. The predicted molar refractivity (Wildman–Crippen MR) is 75.3 cm³/mol. The number of nitrogens with one attached hydrogen (secondary N) is 1. The van der Waals surface area contributed by atoms with Crippen molar-refractivity contribution in [3.8, 4) is 6.07 Å². The summed E-state index contributed by atoms with van der Waals surface area (Å²) in [6.45, 7) is 4.28. The van der Waals surface area contributed by atoms with E-state index < -0.39 is 0 Å². The van der Waals surface area contributed by atoms with Crippen molar-refractivity contribution in [3.05, 3.63) is 41.9 Å². The van der Waals surface area contributed by atoms with Crippen LogP contribution in [-0.4, -0.2) is 22.2 Å². The Balaban J connectivity index is 1.66. The van der Waals surface area contributed by atoms with Crippen molar-refractivity contribution in [2.24, 2.45) is 0 Å². The van der Waals surface area contributed by atoms with Crippen molar-refractivity contribution in [1.29, 1.82) is 5.26 Å². The summed E-state index contributed by atoms with van der Waals surface area (Å²) in [5, 5.41) is 12.2. The first kappa shape index (κ1) is 13.9. The molecule has 3 heterocycles. The van der Waals surface area contributed by atoms with Gasteiger partial charge < -0.3 is 19.0 Å². The number of hydrogen-bond acceptors (Lipinski definition) is 5. The third kappa shape index (κ3) is 2.84. The molecular weight excluding hydrogens is 268 g/mol. The van der Waals surface area contributed by atoms with Gasteiger partial charge in [0.1, 0.15) is 23.8 Å². The first-order chi connectivity index (χ1) is 10.3. The summed E-state index contributed by atoms with van der Waals surface area (Å²) in [7, 11) is 0. The number of ether oxygens (including phenoxy) is 1. The number of furan rings is 1. The summed E-state index contributed by atoms with van der Waals surface area (Å²) in [5.41, 5.74) is 0. The van der Waals surface area contributed by atoms with Crippen molar-refractivity contribution >= 4 is 0 Å². The molecule has 2 aromatic rings. The molecule has 2 aromatic heterocycles. The van der Waals surface area contributed by atoms with Crippen LogP contribution in [0.3, 0.4) is 0 Å². The zero-order chi connectivity index (χ0) is 14.7. The van der Waals surface area contributed by atoms with Crippen molar-refractivity contribution in [2.75, 3.05) is 6.61 Å². The SMILES string of the molecule is CCn1ccnc1[C@H]1OCC[C@@H]1NCc1ccc(C#N)o1. The van der Waals surface area contributed by atoms with Crippen LogP contribution < -0.4 is 5.32 Å². The minimum Gasteiger partial charge on any atom is -0.449 e. The second-order valence-corrected chi connectivity index (χ2v) is 5.02. The molecule has 0 aromatic carbocycles. The van der Waals surface area contributed by atoms with E-state index in [-0.39, 0.29) is 12.1 Å². The maximum atomic E-state index is 8.76. The van der Waals surface area contributed by atoms with E-state index >= 15 is 0 Å². The standard InChI is InChI=1S/C15H18N4O2/c1-2-19-7-6-17-15(19)14-13(5-8-20-14)18-10-12-4-3-11(9-16)21-12/h3-4,6-7,13-14,18H,2,5,8,10H2,1H3/t13-,14-/m0/s1. The minimum absolute atomic E-state index is 0.0367. The van der Waals surface area contributed by atoms with Gasteiger partial charge in [0.25, 0.3) is 0 Å². The average Bonchev–Trinajstić information content (AvgIpc) is 3.23. The van der Waals surface area contributed by atoms with Gasteiger partial charge in [0.05, 0.1) is 6.54 Å². The van der Waals surface area contributed by atoms with Gasteiger partial charge in [-0.25, -0.2) is 4.98 Å². The second-order valence-electron chi connectivity index (χ2n) is 5.02. The zero-order valence-electron chi connectivity index (χ0n) is 12.0. The monoisotopic (exact) mass is 286 g/mol. The van der Waals surface area contributed by atoms with Gasteiger partial charge in [-0.1, -0.05) is 0 Å². The van der Waals surface area contributed by atoms with Gasteiger partial charge in [0.2, 0.25) is 5.76 Å². The molecule has 1 aliphatic heterocycles. The highest BCUT2D eigenvalue weighted by molar-refractivity contribution is 5.19. The van der Waals surface area contributed by atoms with E-state index in [9.17, 15) is 0 Å². The molecule has 1 saturated heterocycles. The van der Waals surface area contributed by atoms with Crippen LogP contribution in [0.2, 0.25) is 0 Å². The fourth-order valence-electron chi connectivity index (χ4n) is 2.66. The molecule has 0 radical (unpaired) electrons. The predicted octanol–water partition coefficient (Wildman–Crippen LogP) is 1.99. The molecule has 1 fully saturated rings. The molecule has 0 aliphatic carbocycles. The molecule has 21 heavy (non-hydrogen) atoms. The van der Waals surface area contributed by atoms with E-state index in [0.717, 1.165) is 31.2 Å². The Hall–Kier alpha value is -2.10. The lowest BCUT2D eigenvalue weighted by atomic mass is 10.1. The summed E-state index contributed by atoms with van der Waals surface area (Å²) >= 11 is 0. The lowest BCUT2D eigenvalue weighted by molar-refractivity contribution is 0.0882. The van der Waals surface area contributed by atoms with E-state index in [1.165, 1.54) is 0 Å². The summed E-state index contributed by atoms with van der Waals surface area (Å²) in [6.07, 6.45) is 4.68. The smallest absolute Gasteiger partial charge is 0.203 e. The van der Waals surface area contributed by atoms with Gasteiger partial charge in [0, 0.05) is 31.6 Å². The molecule has 110 valence electrons. The second kappa shape index (κ2) is 6.12. The van der Waals surface area contributed by atoms with E-state index in [4.69, 9.17) is 14.4 Å². The van der Waals surface area contributed by atoms with Crippen LogP contribution in [0.1, 0.15) is 36.8 Å². The summed E-state index contributed by atoms with van der Waals surface area (Å²) in [6, 6.07) is 5.70. The normalized spacial score (nSPS) is 21.5. The number of imidazole rings is 1. The number of aromatic nitrogens is 2. The number of nitrogens with zero attached hydrogens (tertiary/aromatic N) is 3. The van der Waals surface area contributed by atoms with Gasteiger partial charge in [-0.05, 0) is 25.5 Å². The zero-order valence-corrected chi connectivity index (χ0v) is 12.0. The van der Waals surface area contributed by atoms with Crippen LogP contribution in [0, 0.1) is 11.3 Å². The molecule has 3 rings (SSSR count). The van der Waals surface area contributed by atoms with Crippen LogP contribution in [0.5, 0.6) is 0 Å².